The average Bonchev–Trinajstić information content (AvgIpc) is 2.30. The van der Waals surface area contributed by atoms with E-state index in [1.54, 1.807) is 6.92 Å². The average molecular weight is 287 g/mol. The molecule has 3 nitrogen and oxygen atoms in total. The van der Waals surface area contributed by atoms with E-state index in [4.69, 9.17) is 9.47 Å². The minimum absolute atomic E-state index is 0.282. The molecule has 0 fully saturated rings. The summed E-state index contributed by atoms with van der Waals surface area (Å²) in [4.78, 5) is 10.8. The normalized spacial score (nSPS) is 12.1. The minimum atomic E-state index is -0.392. The van der Waals surface area contributed by atoms with Gasteiger partial charge < -0.3 is 9.47 Å². The summed E-state index contributed by atoms with van der Waals surface area (Å²) < 4.78 is 10.2. The molecule has 0 N–H and O–H groups in total. The van der Waals surface area contributed by atoms with Gasteiger partial charge in [-0.25, -0.2) is 0 Å². The van der Waals surface area contributed by atoms with Crippen LogP contribution in [0.15, 0.2) is 30.3 Å². The number of halogens is 1. The van der Waals surface area contributed by atoms with Crippen molar-refractivity contribution in [3.8, 4) is 0 Å². The Morgan fingerprint density at radius 1 is 1.38 bits per heavy atom. The highest BCUT2D eigenvalue weighted by Gasteiger charge is 2.15. The van der Waals surface area contributed by atoms with Crippen LogP contribution in [0, 0.1) is 0 Å². The van der Waals surface area contributed by atoms with Crippen molar-refractivity contribution in [3.05, 3.63) is 35.9 Å². The Morgan fingerprint density at radius 2 is 2.06 bits per heavy atom. The van der Waals surface area contributed by atoms with Crippen molar-refractivity contribution in [2.75, 3.05) is 13.2 Å². The zero-order valence-electron chi connectivity index (χ0n) is 9.19. The predicted molar refractivity (Wildman–Crippen MR) is 65.4 cm³/mol. The van der Waals surface area contributed by atoms with Gasteiger partial charge in [-0.1, -0.05) is 46.3 Å². The molecule has 16 heavy (non-hydrogen) atoms. The fourth-order valence-corrected chi connectivity index (χ4v) is 1.47. The van der Waals surface area contributed by atoms with Gasteiger partial charge in [0.15, 0.2) is 0 Å². The summed E-state index contributed by atoms with van der Waals surface area (Å²) in [5, 5.41) is 0. The Bertz CT molecular complexity index is 313. The fraction of sp³-hybridized carbons (Fsp3) is 0.417. The molecule has 0 aliphatic carbocycles. The van der Waals surface area contributed by atoms with Crippen molar-refractivity contribution >= 4 is 21.9 Å². The van der Waals surface area contributed by atoms with Gasteiger partial charge in [-0.15, -0.1) is 0 Å². The second kappa shape index (κ2) is 7.41. The van der Waals surface area contributed by atoms with Gasteiger partial charge in [-0.2, -0.15) is 0 Å². The lowest BCUT2D eigenvalue weighted by atomic mass is 10.2. The molecule has 4 heteroatoms. The molecule has 0 radical (unpaired) electrons. The molecule has 0 amide bonds. The molecule has 1 aromatic rings. The molecule has 88 valence electrons. The van der Waals surface area contributed by atoms with Crippen molar-refractivity contribution in [3.63, 3.8) is 0 Å². The Hall–Kier alpha value is -0.870. The highest BCUT2D eigenvalue weighted by Crippen LogP contribution is 2.06. The Labute approximate surface area is 104 Å². The van der Waals surface area contributed by atoms with E-state index < -0.39 is 4.83 Å². The standard InChI is InChI=1S/C12H15BrO3/c1-2-16-12(14)11(13)9-15-8-10-6-4-3-5-7-10/h3-7,11H,2,8-9H2,1H3. The lowest BCUT2D eigenvalue weighted by Crippen LogP contribution is -2.22. The summed E-state index contributed by atoms with van der Waals surface area (Å²) in [6.07, 6.45) is 0. The van der Waals surface area contributed by atoms with E-state index in [1.165, 1.54) is 0 Å². The van der Waals surface area contributed by atoms with E-state index in [0.717, 1.165) is 5.56 Å². The first-order valence-electron chi connectivity index (χ1n) is 5.16. The minimum Gasteiger partial charge on any atom is -0.465 e. The predicted octanol–water partition coefficient (Wildman–Crippen LogP) is 2.53. The number of carbonyl (C=O) groups excluding carboxylic acids is 1. The lowest BCUT2D eigenvalue weighted by molar-refractivity contribution is -0.143. The van der Waals surface area contributed by atoms with Gasteiger partial charge in [0.2, 0.25) is 0 Å². The molecule has 1 aromatic carbocycles. The molecular formula is C12H15BrO3. The maximum absolute atomic E-state index is 11.2. The molecule has 1 unspecified atom stereocenters. The van der Waals surface area contributed by atoms with E-state index in [2.05, 4.69) is 15.9 Å². The summed E-state index contributed by atoms with van der Waals surface area (Å²) in [5.41, 5.74) is 1.09. The van der Waals surface area contributed by atoms with Gasteiger partial charge in [0.05, 0.1) is 19.8 Å². The second-order valence-electron chi connectivity index (χ2n) is 3.22. The van der Waals surface area contributed by atoms with Crippen molar-refractivity contribution in [2.45, 2.75) is 18.4 Å². The molecule has 0 saturated heterocycles. The van der Waals surface area contributed by atoms with Crippen LogP contribution in [0.2, 0.25) is 0 Å². The van der Waals surface area contributed by atoms with E-state index in [0.29, 0.717) is 19.8 Å². The maximum Gasteiger partial charge on any atom is 0.322 e. The molecular weight excluding hydrogens is 272 g/mol. The second-order valence-corrected chi connectivity index (χ2v) is 4.33. The van der Waals surface area contributed by atoms with Crippen LogP contribution in [0.4, 0.5) is 0 Å². The summed E-state index contributed by atoms with van der Waals surface area (Å²) in [6.45, 7) is 2.98. The highest BCUT2D eigenvalue weighted by atomic mass is 79.9. The molecule has 0 aromatic heterocycles. The number of rotatable bonds is 6. The van der Waals surface area contributed by atoms with Gasteiger partial charge in [0.25, 0.3) is 0 Å². The summed E-state index contributed by atoms with van der Waals surface area (Å²) in [6, 6.07) is 9.82. The molecule has 0 bridgehead atoms. The first kappa shape index (κ1) is 13.2. The van der Waals surface area contributed by atoms with Crippen molar-refractivity contribution < 1.29 is 14.3 Å². The zero-order chi connectivity index (χ0) is 11.8. The molecule has 0 saturated carbocycles. The van der Waals surface area contributed by atoms with E-state index >= 15 is 0 Å². The quantitative estimate of drug-likeness (QED) is 0.596. The number of hydrogen-bond donors (Lipinski definition) is 0. The Morgan fingerprint density at radius 3 is 2.69 bits per heavy atom. The van der Waals surface area contributed by atoms with Gasteiger partial charge in [0.1, 0.15) is 4.83 Å². The van der Waals surface area contributed by atoms with E-state index in [1.807, 2.05) is 30.3 Å². The van der Waals surface area contributed by atoms with Crippen LogP contribution in [0.1, 0.15) is 12.5 Å². The van der Waals surface area contributed by atoms with Crippen LogP contribution in [-0.2, 0) is 20.9 Å². The van der Waals surface area contributed by atoms with Crippen LogP contribution in [0.3, 0.4) is 0 Å². The van der Waals surface area contributed by atoms with Crippen LogP contribution < -0.4 is 0 Å². The molecule has 0 aliphatic heterocycles. The third-order valence-corrected chi connectivity index (χ3v) is 2.56. The zero-order valence-corrected chi connectivity index (χ0v) is 10.8. The topological polar surface area (TPSA) is 35.5 Å². The maximum atomic E-state index is 11.2. The smallest absolute Gasteiger partial charge is 0.322 e. The van der Waals surface area contributed by atoms with Gasteiger partial charge in [-0.05, 0) is 12.5 Å². The van der Waals surface area contributed by atoms with Gasteiger partial charge >= 0.3 is 5.97 Å². The molecule has 0 spiro atoms. The first-order valence-corrected chi connectivity index (χ1v) is 6.08. The van der Waals surface area contributed by atoms with Crippen LogP contribution >= 0.6 is 15.9 Å². The molecule has 0 heterocycles. The van der Waals surface area contributed by atoms with Crippen LogP contribution in [0.5, 0.6) is 0 Å². The largest absolute Gasteiger partial charge is 0.465 e. The molecule has 1 atom stereocenters. The SMILES string of the molecule is CCOC(=O)C(Br)COCc1ccccc1. The summed E-state index contributed by atoms with van der Waals surface area (Å²) in [7, 11) is 0. The van der Waals surface area contributed by atoms with E-state index in [9.17, 15) is 4.79 Å². The fourth-order valence-electron chi connectivity index (χ4n) is 1.16. The van der Waals surface area contributed by atoms with Gasteiger partial charge in [-0.3, -0.25) is 4.79 Å². The Balaban J connectivity index is 2.23. The van der Waals surface area contributed by atoms with Gasteiger partial charge in [0, 0.05) is 0 Å². The number of esters is 1. The number of ether oxygens (including phenoxy) is 2. The number of benzene rings is 1. The molecule has 0 aliphatic rings. The Kier molecular flexibility index (Phi) is 6.11. The monoisotopic (exact) mass is 286 g/mol. The van der Waals surface area contributed by atoms with Crippen molar-refractivity contribution in [2.24, 2.45) is 0 Å². The highest BCUT2D eigenvalue weighted by molar-refractivity contribution is 9.10. The lowest BCUT2D eigenvalue weighted by Gasteiger charge is -2.09. The van der Waals surface area contributed by atoms with Crippen molar-refractivity contribution in [1.29, 1.82) is 0 Å². The van der Waals surface area contributed by atoms with Crippen LogP contribution in [0.25, 0.3) is 0 Å². The molecule has 1 rings (SSSR count). The first-order chi connectivity index (χ1) is 7.74. The van der Waals surface area contributed by atoms with Crippen LogP contribution in [-0.4, -0.2) is 24.0 Å². The summed E-state index contributed by atoms with van der Waals surface area (Å²) in [5.74, 6) is -0.282. The third-order valence-electron chi connectivity index (χ3n) is 1.92. The van der Waals surface area contributed by atoms with Crippen molar-refractivity contribution in [1.82, 2.24) is 0 Å². The number of hydrogen-bond acceptors (Lipinski definition) is 3. The summed E-state index contributed by atoms with van der Waals surface area (Å²) >= 11 is 3.22. The van der Waals surface area contributed by atoms with E-state index in [-0.39, 0.29) is 5.97 Å². The number of alkyl halides is 1. The third kappa shape index (κ3) is 4.77. The number of carbonyl (C=O) groups is 1.